The van der Waals surface area contributed by atoms with Crippen molar-refractivity contribution in [2.75, 3.05) is 13.6 Å². The Labute approximate surface area is 107 Å². The van der Waals surface area contributed by atoms with E-state index in [1.54, 1.807) is 30.1 Å². The molecule has 18 heavy (non-hydrogen) atoms. The monoisotopic (exact) mass is 250 g/mol. The van der Waals surface area contributed by atoms with Gasteiger partial charge in [-0.2, -0.15) is 0 Å². The fourth-order valence-corrected chi connectivity index (χ4v) is 1.66. The highest BCUT2D eigenvalue weighted by molar-refractivity contribution is 5.79. The van der Waals surface area contributed by atoms with E-state index in [2.05, 4.69) is 6.92 Å². The van der Waals surface area contributed by atoms with E-state index in [0.717, 1.165) is 12.8 Å². The normalized spacial score (nSPS) is 10.1. The summed E-state index contributed by atoms with van der Waals surface area (Å²) in [7, 11) is 1.73. The third kappa shape index (κ3) is 3.84. The number of para-hydroxylation sites is 1. The molecular weight excluding hydrogens is 232 g/mol. The maximum atomic E-state index is 11.9. The van der Waals surface area contributed by atoms with Crippen LogP contribution in [0.5, 0.6) is 0 Å². The van der Waals surface area contributed by atoms with Crippen LogP contribution in [-0.2, 0) is 11.2 Å². The Bertz CT molecular complexity index is 432. The third-order valence-corrected chi connectivity index (χ3v) is 2.80. The van der Waals surface area contributed by atoms with E-state index in [9.17, 15) is 14.9 Å². The molecule has 1 aromatic carbocycles. The molecule has 0 atom stereocenters. The zero-order valence-corrected chi connectivity index (χ0v) is 10.8. The van der Waals surface area contributed by atoms with Crippen molar-refractivity contribution in [1.29, 1.82) is 0 Å². The Kier molecular flexibility index (Phi) is 5.30. The van der Waals surface area contributed by atoms with E-state index < -0.39 is 4.92 Å². The lowest BCUT2D eigenvalue weighted by molar-refractivity contribution is -0.385. The summed E-state index contributed by atoms with van der Waals surface area (Å²) in [5.74, 6) is -0.0854. The van der Waals surface area contributed by atoms with Gasteiger partial charge in [0.25, 0.3) is 5.69 Å². The average Bonchev–Trinajstić information content (AvgIpc) is 2.36. The molecule has 0 aliphatic rings. The second-order valence-corrected chi connectivity index (χ2v) is 4.23. The molecule has 0 saturated carbocycles. The predicted molar refractivity (Wildman–Crippen MR) is 69.3 cm³/mol. The minimum atomic E-state index is -0.450. The van der Waals surface area contributed by atoms with Gasteiger partial charge in [-0.05, 0) is 6.42 Å². The van der Waals surface area contributed by atoms with Crippen molar-refractivity contribution in [3.8, 4) is 0 Å². The number of benzene rings is 1. The van der Waals surface area contributed by atoms with E-state index >= 15 is 0 Å². The number of amides is 1. The topological polar surface area (TPSA) is 63.5 Å². The van der Waals surface area contributed by atoms with Gasteiger partial charge in [0.15, 0.2) is 0 Å². The highest BCUT2D eigenvalue weighted by atomic mass is 16.6. The molecule has 0 heterocycles. The maximum Gasteiger partial charge on any atom is 0.273 e. The molecule has 0 unspecified atom stereocenters. The average molecular weight is 250 g/mol. The Hall–Kier alpha value is -1.91. The lowest BCUT2D eigenvalue weighted by atomic mass is 10.1. The van der Waals surface area contributed by atoms with Crippen LogP contribution in [0.4, 0.5) is 5.69 Å². The van der Waals surface area contributed by atoms with Crippen molar-refractivity contribution in [2.45, 2.75) is 26.2 Å². The second-order valence-electron chi connectivity index (χ2n) is 4.23. The minimum Gasteiger partial charge on any atom is -0.345 e. The number of hydrogen-bond acceptors (Lipinski definition) is 3. The molecule has 0 radical (unpaired) electrons. The van der Waals surface area contributed by atoms with Crippen molar-refractivity contribution >= 4 is 11.6 Å². The number of nitrogens with zero attached hydrogens (tertiary/aromatic N) is 2. The number of nitro benzene ring substituents is 1. The van der Waals surface area contributed by atoms with Crippen LogP contribution in [-0.4, -0.2) is 29.3 Å². The molecule has 0 spiro atoms. The van der Waals surface area contributed by atoms with Crippen LogP contribution >= 0.6 is 0 Å². The summed E-state index contributed by atoms with van der Waals surface area (Å²) in [5.41, 5.74) is 0.477. The predicted octanol–water partition coefficient (Wildman–Crippen LogP) is 2.40. The Morgan fingerprint density at radius 2 is 2.06 bits per heavy atom. The summed E-state index contributed by atoms with van der Waals surface area (Å²) < 4.78 is 0. The maximum absolute atomic E-state index is 11.9. The molecule has 0 aliphatic heterocycles. The Morgan fingerprint density at radius 1 is 1.39 bits per heavy atom. The first-order valence-electron chi connectivity index (χ1n) is 6.02. The van der Waals surface area contributed by atoms with E-state index in [1.165, 1.54) is 6.07 Å². The van der Waals surface area contributed by atoms with Crippen molar-refractivity contribution in [2.24, 2.45) is 0 Å². The lowest BCUT2D eigenvalue weighted by Gasteiger charge is -2.16. The van der Waals surface area contributed by atoms with Gasteiger partial charge in [-0.3, -0.25) is 14.9 Å². The van der Waals surface area contributed by atoms with E-state index in [0.29, 0.717) is 12.1 Å². The largest absolute Gasteiger partial charge is 0.345 e. The van der Waals surface area contributed by atoms with Gasteiger partial charge in [-0.25, -0.2) is 0 Å². The summed E-state index contributed by atoms with van der Waals surface area (Å²) in [6.07, 6.45) is 2.04. The molecule has 0 aromatic heterocycles. The molecule has 0 bridgehead atoms. The number of carbonyl (C=O) groups excluding carboxylic acids is 1. The zero-order valence-electron chi connectivity index (χ0n) is 10.8. The zero-order chi connectivity index (χ0) is 13.5. The van der Waals surface area contributed by atoms with E-state index in [4.69, 9.17) is 0 Å². The number of carbonyl (C=O) groups is 1. The highest BCUT2D eigenvalue weighted by Crippen LogP contribution is 2.18. The Balaban J connectivity index is 2.72. The van der Waals surface area contributed by atoms with Gasteiger partial charge >= 0.3 is 0 Å². The van der Waals surface area contributed by atoms with Gasteiger partial charge in [-0.15, -0.1) is 0 Å². The van der Waals surface area contributed by atoms with Crippen LogP contribution in [0, 0.1) is 10.1 Å². The number of rotatable bonds is 6. The Morgan fingerprint density at radius 3 is 2.67 bits per heavy atom. The smallest absolute Gasteiger partial charge is 0.273 e. The molecule has 1 aromatic rings. The summed E-state index contributed by atoms with van der Waals surface area (Å²) in [4.78, 5) is 23.9. The van der Waals surface area contributed by atoms with Gasteiger partial charge in [0.05, 0.1) is 11.3 Å². The van der Waals surface area contributed by atoms with Gasteiger partial charge in [0.2, 0.25) is 5.91 Å². The number of hydrogen-bond donors (Lipinski definition) is 0. The first-order valence-corrected chi connectivity index (χ1v) is 6.02. The lowest BCUT2D eigenvalue weighted by Crippen LogP contribution is -2.29. The minimum absolute atomic E-state index is 0.00902. The fourth-order valence-electron chi connectivity index (χ4n) is 1.66. The molecule has 1 rings (SSSR count). The van der Waals surface area contributed by atoms with Crippen molar-refractivity contribution in [3.05, 3.63) is 39.9 Å². The molecule has 1 amide bonds. The molecule has 5 heteroatoms. The number of likely N-dealkylation sites (N-methyl/N-ethyl adjacent to an activating group) is 1. The van der Waals surface area contributed by atoms with Crippen LogP contribution in [0.25, 0.3) is 0 Å². The van der Waals surface area contributed by atoms with Crippen LogP contribution in [0.1, 0.15) is 25.3 Å². The van der Waals surface area contributed by atoms with Crippen LogP contribution < -0.4 is 0 Å². The van der Waals surface area contributed by atoms with Gasteiger partial charge in [-0.1, -0.05) is 31.5 Å². The SMILES string of the molecule is CCCCN(C)C(=O)Cc1ccccc1[N+](=O)[O-]. The first-order chi connectivity index (χ1) is 8.56. The van der Waals surface area contributed by atoms with E-state index in [-0.39, 0.29) is 18.0 Å². The van der Waals surface area contributed by atoms with Crippen LogP contribution in [0.15, 0.2) is 24.3 Å². The van der Waals surface area contributed by atoms with Crippen LogP contribution in [0.3, 0.4) is 0 Å². The van der Waals surface area contributed by atoms with Crippen LogP contribution in [0.2, 0.25) is 0 Å². The summed E-state index contributed by atoms with van der Waals surface area (Å²) >= 11 is 0. The quantitative estimate of drug-likeness (QED) is 0.575. The molecule has 0 saturated heterocycles. The highest BCUT2D eigenvalue weighted by Gasteiger charge is 2.17. The van der Waals surface area contributed by atoms with Crippen molar-refractivity contribution < 1.29 is 9.72 Å². The molecule has 0 aliphatic carbocycles. The number of unbranched alkanes of at least 4 members (excludes halogenated alkanes) is 1. The number of nitro groups is 1. The first kappa shape index (κ1) is 14.2. The van der Waals surface area contributed by atoms with Gasteiger partial charge in [0.1, 0.15) is 0 Å². The van der Waals surface area contributed by atoms with Gasteiger partial charge < -0.3 is 4.90 Å². The molecule has 98 valence electrons. The molecule has 0 fully saturated rings. The summed E-state index contributed by atoms with van der Waals surface area (Å²) in [6.45, 7) is 2.75. The second kappa shape index (κ2) is 6.74. The molecule has 5 nitrogen and oxygen atoms in total. The molecular formula is C13H18N2O3. The van der Waals surface area contributed by atoms with Crippen molar-refractivity contribution in [1.82, 2.24) is 4.90 Å². The summed E-state index contributed by atoms with van der Waals surface area (Å²) in [6, 6.07) is 6.37. The summed E-state index contributed by atoms with van der Waals surface area (Å²) in [5, 5.41) is 10.8. The third-order valence-electron chi connectivity index (χ3n) is 2.80. The van der Waals surface area contributed by atoms with Crippen molar-refractivity contribution in [3.63, 3.8) is 0 Å². The standard InChI is InChI=1S/C13H18N2O3/c1-3-4-9-14(2)13(16)10-11-7-5-6-8-12(11)15(17)18/h5-8H,3-4,9-10H2,1-2H3. The van der Waals surface area contributed by atoms with Gasteiger partial charge in [0, 0.05) is 25.2 Å². The fraction of sp³-hybridized carbons (Fsp3) is 0.462. The molecule has 0 N–H and O–H groups in total. The van der Waals surface area contributed by atoms with E-state index in [1.807, 2.05) is 0 Å².